The van der Waals surface area contributed by atoms with Crippen molar-refractivity contribution in [2.24, 2.45) is 35.0 Å². The van der Waals surface area contributed by atoms with E-state index in [-0.39, 0.29) is 5.41 Å². The number of rotatable bonds is 3. The van der Waals surface area contributed by atoms with E-state index in [1.165, 1.54) is 32.1 Å². The number of ketones is 1. The quantitative estimate of drug-likeness (QED) is 0.706. The molecular weight excluding hydrogens is 308 g/mol. The third kappa shape index (κ3) is 2.66. The Morgan fingerprint density at radius 1 is 1.16 bits per heavy atom. The van der Waals surface area contributed by atoms with Gasteiger partial charge in [0.1, 0.15) is 5.78 Å². The summed E-state index contributed by atoms with van der Waals surface area (Å²) in [7, 11) is 0. The highest BCUT2D eigenvalue weighted by atomic mass is 16.3. The van der Waals surface area contributed by atoms with Gasteiger partial charge in [0.2, 0.25) is 0 Å². The van der Waals surface area contributed by atoms with Gasteiger partial charge < -0.3 is 5.11 Å². The molecule has 4 rings (SSSR count). The Bertz CT molecular complexity index is 579. The second kappa shape index (κ2) is 6.22. The van der Waals surface area contributed by atoms with Gasteiger partial charge in [-0.1, -0.05) is 32.4 Å². The van der Waals surface area contributed by atoms with Crippen molar-refractivity contribution < 1.29 is 9.90 Å². The van der Waals surface area contributed by atoms with Crippen molar-refractivity contribution in [1.82, 2.24) is 0 Å². The van der Waals surface area contributed by atoms with Crippen LogP contribution >= 0.6 is 0 Å². The lowest BCUT2D eigenvalue weighted by Gasteiger charge is -2.54. The Kier molecular flexibility index (Phi) is 4.42. The maximum Gasteiger partial charge on any atom is 0.136 e. The number of carbonyl (C=O) groups is 1. The fraction of sp³-hybridized carbons (Fsp3) is 0.870. The minimum Gasteiger partial charge on any atom is -0.390 e. The Labute approximate surface area is 153 Å². The number of carbonyl (C=O) groups excluding carboxylic acids is 1. The molecule has 0 aromatic heterocycles. The summed E-state index contributed by atoms with van der Waals surface area (Å²) in [6.45, 7) is 6.61. The summed E-state index contributed by atoms with van der Waals surface area (Å²) in [5, 5.41) is 10.8. The third-order valence-electron chi connectivity index (χ3n) is 8.99. The molecule has 0 saturated heterocycles. The maximum absolute atomic E-state index is 12.5. The summed E-state index contributed by atoms with van der Waals surface area (Å²) >= 11 is 0. The first-order chi connectivity index (χ1) is 11.9. The molecule has 0 aliphatic heterocycles. The van der Waals surface area contributed by atoms with Gasteiger partial charge >= 0.3 is 0 Å². The highest BCUT2D eigenvalue weighted by Crippen LogP contribution is 2.63. The van der Waals surface area contributed by atoms with Crippen LogP contribution in [0.15, 0.2) is 11.6 Å². The van der Waals surface area contributed by atoms with Crippen LogP contribution in [0.2, 0.25) is 0 Å². The summed E-state index contributed by atoms with van der Waals surface area (Å²) in [5.74, 6) is 3.91. The zero-order valence-corrected chi connectivity index (χ0v) is 16.4. The predicted octanol–water partition coefficient (Wildman–Crippen LogP) is 5.30. The highest BCUT2D eigenvalue weighted by molar-refractivity contribution is 5.82. The number of Topliss-reactive ketones (excluding diaryl/α,β-unsaturated/α-hetero) is 1. The number of allylic oxidation sites excluding steroid dienone is 1. The second-order valence-corrected chi connectivity index (χ2v) is 9.84. The molecule has 4 aliphatic carbocycles. The van der Waals surface area contributed by atoms with Crippen LogP contribution in [0.1, 0.15) is 85.0 Å². The van der Waals surface area contributed by atoms with E-state index in [9.17, 15) is 9.90 Å². The molecule has 0 amide bonds. The molecule has 0 aromatic rings. The van der Waals surface area contributed by atoms with E-state index in [0.29, 0.717) is 18.1 Å². The van der Waals surface area contributed by atoms with Gasteiger partial charge in [-0.3, -0.25) is 4.79 Å². The molecule has 4 aliphatic rings. The molecule has 0 spiro atoms. The summed E-state index contributed by atoms with van der Waals surface area (Å²) in [4.78, 5) is 12.5. The number of aliphatic hydroxyl groups is 1. The summed E-state index contributed by atoms with van der Waals surface area (Å²) < 4.78 is 0. The van der Waals surface area contributed by atoms with Crippen LogP contribution in [0.3, 0.4) is 0 Å². The SMILES string of the molecule is CCC(=O)[C@H]1CC[C@H]2[C@@H]3CC=C4C[C@@](O)(CC)CC[C@@H]4[C@H]3CC[C@]12C. The second-order valence-electron chi connectivity index (χ2n) is 9.84. The average Bonchev–Trinajstić information content (AvgIpc) is 2.98. The van der Waals surface area contributed by atoms with Gasteiger partial charge in [-0.25, -0.2) is 0 Å². The lowest BCUT2D eigenvalue weighted by atomic mass is 9.51. The first-order valence-corrected chi connectivity index (χ1v) is 10.9. The normalized spacial score (nSPS) is 49.0. The van der Waals surface area contributed by atoms with Crippen molar-refractivity contribution in [1.29, 1.82) is 0 Å². The van der Waals surface area contributed by atoms with Gasteiger partial charge in [0.05, 0.1) is 5.60 Å². The number of hydrogen-bond donors (Lipinski definition) is 1. The molecule has 3 saturated carbocycles. The van der Waals surface area contributed by atoms with Crippen LogP contribution < -0.4 is 0 Å². The van der Waals surface area contributed by atoms with Crippen molar-refractivity contribution in [2.75, 3.05) is 0 Å². The van der Waals surface area contributed by atoms with E-state index in [0.717, 1.165) is 49.4 Å². The molecule has 0 aromatic carbocycles. The van der Waals surface area contributed by atoms with Gasteiger partial charge in [-0.15, -0.1) is 0 Å². The monoisotopic (exact) mass is 344 g/mol. The number of fused-ring (bicyclic) bond motifs is 5. The van der Waals surface area contributed by atoms with Gasteiger partial charge in [-0.05, 0) is 86.9 Å². The van der Waals surface area contributed by atoms with E-state index in [1.807, 2.05) is 6.92 Å². The molecule has 140 valence electrons. The highest BCUT2D eigenvalue weighted by Gasteiger charge is 2.57. The zero-order valence-electron chi connectivity index (χ0n) is 16.4. The Balaban J connectivity index is 1.57. The number of hydrogen-bond acceptors (Lipinski definition) is 2. The Morgan fingerprint density at radius 3 is 2.68 bits per heavy atom. The van der Waals surface area contributed by atoms with Gasteiger partial charge in [0, 0.05) is 12.3 Å². The molecule has 0 heterocycles. The summed E-state index contributed by atoms with van der Waals surface area (Å²) in [6.07, 6.45) is 13.3. The van der Waals surface area contributed by atoms with E-state index in [4.69, 9.17) is 0 Å². The lowest BCUT2D eigenvalue weighted by molar-refractivity contribution is -0.128. The largest absolute Gasteiger partial charge is 0.390 e. The van der Waals surface area contributed by atoms with Gasteiger partial charge in [-0.2, -0.15) is 0 Å². The maximum atomic E-state index is 12.5. The van der Waals surface area contributed by atoms with Crippen molar-refractivity contribution in [3.05, 3.63) is 11.6 Å². The third-order valence-corrected chi connectivity index (χ3v) is 8.99. The Morgan fingerprint density at radius 2 is 1.96 bits per heavy atom. The molecule has 3 fully saturated rings. The fourth-order valence-corrected chi connectivity index (χ4v) is 7.44. The van der Waals surface area contributed by atoms with Crippen LogP contribution in [-0.4, -0.2) is 16.5 Å². The van der Waals surface area contributed by atoms with Crippen LogP contribution in [0.4, 0.5) is 0 Å². The smallest absolute Gasteiger partial charge is 0.136 e. The topological polar surface area (TPSA) is 37.3 Å². The molecule has 25 heavy (non-hydrogen) atoms. The molecular formula is C23H36O2. The van der Waals surface area contributed by atoms with Crippen LogP contribution in [0, 0.1) is 35.0 Å². The van der Waals surface area contributed by atoms with Crippen molar-refractivity contribution in [2.45, 2.75) is 90.6 Å². The predicted molar refractivity (Wildman–Crippen MR) is 101 cm³/mol. The van der Waals surface area contributed by atoms with Crippen molar-refractivity contribution in [3.63, 3.8) is 0 Å². The van der Waals surface area contributed by atoms with E-state index < -0.39 is 5.60 Å². The minimum atomic E-state index is -0.440. The van der Waals surface area contributed by atoms with Crippen LogP contribution in [-0.2, 0) is 4.79 Å². The molecule has 0 unspecified atom stereocenters. The molecule has 2 nitrogen and oxygen atoms in total. The first-order valence-electron chi connectivity index (χ1n) is 10.9. The molecule has 2 heteroatoms. The molecule has 7 atom stereocenters. The molecule has 1 N–H and O–H groups in total. The van der Waals surface area contributed by atoms with Gasteiger partial charge in [0.25, 0.3) is 0 Å². The Hall–Kier alpha value is -0.630. The van der Waals surface area contributed by atoms with Crippen molar-refractivity contribution >= 4 is 5.78 Å². The lowest BCUT2D eigenvalue weighted by Crippen LogP contribution is -2.48. The molecule has 0 radical (unpaired) electrons. The van der Waals surface area contributed by atoms with Crippen LogP contribution in [0.5, 0.6) is 0 Å². The summed E-state index contributed by atoms with van der Waals surface area (Å²) in [6, 6.07) is 0. The van der Waals surface area contributed by atoms with E-state index in [1.54, 1.807) is 5.57 Å². The first kappa shape index (κ1) is 17.8. The average molecular weight is 345 g/mol. The molecule has 0 bridgehead atoms. The standard InChI is InChI=1S/C23H36O2/c1-4-21(24)20-9-8-19-18-7-6-15-14-23(25,5-2)13-11-16(15)17(18)10-12-22(19,20)3/h6,16-20,25H,4-5,7-14H2,1-3H3/t16-,17+,18+,19-,20+,22-,23+/m0/s1. The summed E-state index contributed by atoms with van der Waals surface area (Å²) in [5.41, 5.74) is 1.39. The van der Waals surface area contributed by atoms with Crippen LogP contribution in [0.25, 0.3) is 0 Å². The minimum absolute atomic E-state index is 0.262. The van der Waals surface area contributed by atoms with E-state index in [2.05, 4.69) is 19.9 Å². The zero-order chi connectivity index (χ0) is 17.8. The van der Waals surface area contributed by atoms with Crippen molar-refractivity contribution in [3.8, 4) is 0 Å². The fourth-order valence-electron chi connectivity index (χ4n) is 7.44. The van der Waals surface area contributed by atoms with Gasteiger partial charge in [0.15, 0.2) is 0 Å². The van der Waals surface area contributed by atoms with E-state index >= 15 is 0 Å².